The van der Waals surface area contributed by atoms with Crippen molar-refractivity contribution in [2.24, 2.45) is 0 Å². The van der Waals surface area contributed by atoms with Crippen LogP contribution in [0.25, 0.3) is 0 Å². The Morgan fingerprint density at radius 2 is 2.00 bits per heavy atom. The third-order valence-corrected chi connectivity index (χ3v) is 0.750. The second-order valence-electron chi connectivity index (χ2n) is 0.394. The summed E-state index contributed by atoms with van der Waals surface area (Å²) in [6, 6.07) is 0. The van der Waals surface area contributed by atoms with Crippen molar-refractivity contribution < 1.29 is 0 Å². The topological polar surface area (TPSA) is 0 Å². The van der Waals surface area contributed by atoms with Crippen LogP contribution in [-0.4, -0.2) is 16.9 Å². The van der Waals surface area contributed by atoms with Crippen LogP contribution in [0.5, 0.6) is 0 Å². The summed E-state index contributed by atoms with van der Waals surface area (Å²) in [5.74, 6) is 2.71. The van der Waals surface area contributed by atoms with E-state index in [0.717, 1.165) is 0 Å². The molecule has 0 nitrogen and oxygen atoms in total. The maximum absolute atomic E-state index is 2.74. The fraction of sp³-hybridized carbons (Fsp3) is 0.333. The van der Waals surface area contributed by atoms with E-state index in [2.05, 4.69) is 10.6 Å². The van der Waals surface area contributed by atoms with Crippen LogP contribution in [0.4, 0.5) is 0 Å². The van der Waals surface area contributed by atoms with Crippen molar-refractivity contribution in [1.29, 1.82) is 0 Å². The molecular formula is C3H5As. The molecule has 0 fully saturated rings. The van der Waals surface area contributed by atoms with Gasteiger partial charge in [-0.15, -0.1) is 0 Å². The first-order valence-corrected chi connectivity index (χ1v) is 2.25. The Balaban J connectivity index is 2.83. The normalized spacial score (nSPS) is 3.50. The van der Waals surface area contributed by atoms with Gasteiger partial charge in [0.15, 0.2) is 0 Å². The van der Waals surface area contributed by atoms with Crippen molar-refractivity contribution in [1.82, 2.24) is 0 Å². The van der Waals surface area contributed by atoms with Crippen LogP contribution < -0.4 is 0 Å². The van der Waals surface area contributed by atoms with Crippen molar-refractivity contribution in [3.05, 3.63) is 0 Å². The van der Waals surface area contributed by atoms with Crippen molar-refractivity contribution in [2.75, 3.05) is 0 Å². The fourth-order valence-electron chi connectivity index (χ4n) is 0. The Kier molecular flexibility index (Phi) is 3.21. The molecule has 0 aliphatic carbocycles. The van der Waals surface area contributed by atoms with E-state index in [9.17, 15) is 0 Å². The van der Waals surface area contributed by atoms with Crippen molar-refractivity contribution >= 4 is 16.9 Å². The Labute approximate surface area is 35.1 Å². The Hall–Kier alpha value is 0.118. The monoisotopic (exact) mass is 116 g/mol. The molecule has 0 amide bonds. The molecule has 0 N–H and O–H groups in total. The van der Waals surface area contributed by atoms with Gasteiger partial charge in [-0.25, -0.2) is 0 Å². The average Bonchev–Trinajstić information content (AvgIpc) is 1.37. The second kappa shape index (κ2) is 3.12. The van der Waals surface area contributed by atoms with Crippen LogP contribution in [-0.2, 0) is 0 Å². The maximum atomic E-state index is 2.74. The van der Waals surface area contributed by atoms with Crippen LogP contribution in [0.3, 0.4) is 0 Å². The van der Waals surface area contributed by atoms with Gasteiger partial charge in [0, 0.05) is 0 Å². The van der Waals surface area contributed by atoms with Gasteiger partial charge in [0.2, 0.25) is 0 Å². The van der Waals surface area contributed by atoms with E-state index in [0.29, 0.717) is 0 Å². The van der Waals surface area contributed by atoms with Crippen LogP contribution in [0.15, 0.2) is 0 Å². The van der Waals surface area contributed by atoms with Crippen LogP contribution >= 0.6 is 0 Å². The van der Waals surface area contributed by atoms with Gasteiger partial charge in [-0.2, -0.15) is 0 Å². The SMILES string of the molecule is CC#C[AsH2]. The molecule has 0 rings (SSSR count). The molecule has 1 atom stereocenters. The zero-order chi connectivity index (χ0) is 3.41. The molecule has 0 aliphatic heterocycles. The predicted octanol–water partition coefficient (Wildman–Crippen LogP) is -0.400. The summed E-state index contributed by atoms with van der Waals surface area (Å²) in [5.41, 5.74) is 0. The van der Waals surface area contributed by atoms with E-state index < -0.39 is 0 Å². The molecule has 22 valence electrons. The summed E-state index contributed by atoms with van der Waals surface area (Å²) in [6.07, 6.45) is 0. The first-order valence-electron chi connectivity index (χ1n) is 1.04. The zero-order valence-electron chi connectivity index (χ0n) is 2.58. The van der Waals surface area contributed by atoms with Gasteiger partial charge in [-0.05, 0) is 0 Å². The van der Waals surface area contributed by atoms with E-state index in [4.69, 9.17) is 0 Å². The van der Waals surface area contributed by atoms with Crippen molar-refractivity contribution in [2.45, 2.75) is 6.92 Å². The molecule has 0 saturated carbocycles. The Morgan fingerprint density at radius 1 is 1.75 bits per heavy atom. The van der Waals surface area contributed by atoms with E-state index in [1.165, 1.54) is 16.9 Å². The van der Waals surface area contributed by atoms with Gasteiger partial charge >= 0.3 is 34.4 Å². The van der Waals surface area contributed by atoms with Crippen LogP contribution in [0.1, 0.15) is 6.92 Å². The first-order chi connectivity index (χ1) is 1.91. The van der Waals surface area contributed by atoms with Crippen LogP contribution in [0, 0.1) is 10.6 Å². The molecule has 0 bridgehead atoms. The third kappa shape index (κ3) is 2.12. The molecule has 0 radical (unpaired) electrons. The van der Waals surface area contributed by atoms with Gasteiger partial charge in [-0.1, -0.05) is 0 Å². The van der Waals surface area contributed by atoms with E-state index >= 15 is 0 Å². The summed E-state index contributed by atoms with van der Waals surface area (Å²) in [6.45, 7) is 1.84. The van der Waals surface area contributed by atoms with Crippen molar-refractivity contribution in [3.8, 4) is 10.6 Å². The fourth-order valence-corrected chi connectivity index (χ4v) is 0. The van der Waals surface area contributed by atoms with E-state index in [1.54, 1.807) is 0 Å². The Bertz CT molecular complexity index is 40.0. The minimum absolute atomic E-state index is 1.46. The van der Waals surface area contributed by atoms with E-state index in [-0.39, 0.29) is 0 Å². The molecule has 0 saturated heterocycles. The molecule has 0 aromatic heterocycles. The average molecular weight is 116 g/mol. The second-order valence-corrected chi connectivity index (χ2v) is 1.00. The molecule has 0 spiro atoms. The molecule has 0 heterocycles. The molecule has 0 aromatic rings. The predicted molar refractivity (Wildman–Crippen MR) is 22.0 cm³/mol. The van der Waals surface area contributed by atoms with Crippen LogP contribution in [0.2, 0.25) is 0 Å². The minimum atomic E-state index is 1.46. The summed E-state index contributed by atoms with van der Waals surface area (Å²) in [7, 11) is 0. The number of hydrogen-bond donors (Lipinski definition) is 0. The summed E-state index contributed by atoms with van der Waals surface area (Å²) >= 11 is 1.46. The first kappa shape index (κ1) is 4.12. The quantitative estimate of drug-likeness (QED) is 0.298. The third-order valence-electron chi connectivity index (χ3n) is 0.144. The van der Waals surface area contributed by atoms with E-state index in [1.807, 2.05) is 6.92 Å². The molecule has 1 heteroatoms. The summed E-state index contributed by atoms with van der Waals surface area (Å²) in [5, 5.41) is 0. The zero-order valence-corrected chi connectivity index (χ0v) is 5.00. The van der Waals surface area contributed by atoms with Gasteiger partial charge in [0.25, 0.3) is 0 Å². The van der Waals surface area contributed by atoms with Gasteiger partial charge < -0.3 is 0 Å². The summed E-state index contributed by atoms with van der Waals surface area (Å²) < 4.78 is 2.74. The standard InChI is InChI=1S/C3H5As/c1-2-3-4/h4H2,1H3. The van der Waals surface area contributed by atoms with Gasteiger partial charge in [0.05, 0.1) is 0 Å². The van der Waals surface area contributed by atoms with Gasteiger partial charge in [0.1, 0.15) is 0 Å². The van der Waals surface area contributed by atoms with Crippen molar-refractivity contribution in [3.63, 3.8) is 0 Å². The summed E-state index contributed by atoms with van der Waals surface area (Å²) in [4.78, 5) is 0. The van der Waals surface area contributed by atoms with Gasteiger partial charge in [-0.3, -0.25) is 0 Å². The number of hydrogen-bond acceptors (Lipinski definition) is 0. The Morgan fingerprint density at radius 3 is 2.00 bits per heavy atom. The molecular weight excluding hydrogens is 111 g/mol. The molecule has 0 aromatic carbocycles. The molecule has 0 aliphatic rings. The number of rotatable bonds is 0. The molecule has 4 heavy (non-hydrogen) atoms. The molecule has 1 unspecified atom stereocenters.